The second-order valence-electron chi connectivity index (χ2n) is 7.95. The Morgan fingerprint density at radius 3 is 2.48 bits per heavy atom. The highest BCUT2D eigenvalue weighted by Crippen LogP contribution is 2.40. The van der Waals surface area contributed by atoms with E-state index in [1.54, 1.807) is 11.3 Å². The average Bonchev–Trinajstić information content (AvgIpc) is 3.27. The number of rotatable bonds is 5. The fourth-order valence-corrected chi connectivity index (χ4v) is 5.66. The van der Waals surface area contributed by atoms with E-state index < -0.39 is 0 Å². The lowest BCUT2D eigenvalue weighted by Gasteiger charge is -2.17. The number of thiophene rings is 1. The lowest BCUT2D eigenvalue weighted by molar-refractivity contribution is 0.652. The molecule has 0 amide bonds. The van der Waals surface area contributed by atoms with Crippen LogP contribution in [-0.2, 0) is 13.6 Å². The monoisotopic (exact) mass is 403 g/mol. The zero-order valence-corrected chi connectivity index (χ0v) is 18.7. The predicted octanol–water partition coefficient (Wildman–Crippen LogP) is 6.23. The summed E-state index contributed by atoms with van der Waals surface area (Å²) in [5, 5.41) is 8.41. The molecule has 2 aromatic carbocycles. The Bertz CT molecular complexity index is 1160. The molecule has 0 radical (unpaired) electrons. The van der Waals surface area contributed by atoms with Crippen LogP contribution in [0, 0.1) is 20.8 Å². The molecule has 1 atom stereocenters. The minimum Gasteiger partial charge on any atom is -0.326 e. The van der Waals surface area contributed by atoms with Crippen LogP contribution < -0.4 is 5.73 Å². The molecule has 0 aliphatic rings. The van der Waals surface area contributed by atoms with E-state index in [0.717, 1.165) is 11.9 Å². The molecule has 0 aliphatic carbocycles. The molecule has 4 heteroatoms. The molecule has 0 aliphatic heterocycles. The quantitative estimate of drug-likeness (QED) is 0.429. The second kappa shape index (κ2) is 7.77. The summed E-state index contributed by atoms with van der Waals surface area (Å²) in [5.74, 6) is 0.297. The van der Waals surface area contributed by atoms with Gasteiger partial charge < -0.3 is 5.73 Å². The number of aryl methyl sites for hydroxylation is 4. The summed E-state index contributed by atoms with van der Waals surface area (Å²) in [7, 11) is 2.07. The summed E-state index contributed by atoms with van der Waals surface area (Å²) in [6.07, 6.45) is 1.02. The number of benzene rings is 2. The van der Waals surface area contributed by atoms with Gasteiger partial charge in [-0.25, -0.2) is 0 Å². The highest BCUT2D eigenvalue weighted by molar-refractivity contribution is 7.10. The molecule has 2 aromatic heterocycles. The summed E-state index contributed by atoms with van der Waals surface area (Å²) in [4.78, 5) is 1.27. The van der Waals surface area contributed by atoms with Gasteiger partial charge in [-0.15, -0.1) is 11.3 Å². The number of nitrogens with two attached hydrogens (primary N) is 1. The van der Waals surface area contributed by atoms with Crippen molar-refractivity contribution < 1.29 is 0 Å². The molecule has 0 bridgehead atoms. The van der Waals surface area contributed by atoms with Crippen molar-refractivity contribution in [3.8, 4) is 11.1 Å². The minimum atomic E-state index is 0.297. The van der Waals surface area contributed by atoms with E-state index in [1.807, 2.05) is 0 Å². The van der Waals surface area contributed by atoms with E-state index >= 15 is 0 Å². The fraction of sp³-hybridized carbons (Fsp3) is 0.320. The van der Waals surface area contributed by atoms with Gasteiger partial charge in [0, 0.05) is 35.3 Å². The number of hydrogen-bond acceptors (Lipinski definition) is 3. The van der Waals surface area contributed by atoms with Crippen LogP contribution in [0.1, 0.15) is 52.1 Å². The molecule has 2 N–H and O–H groups in total. The van der Waals surface area contributed by atoms with Crippen molar-refractivity contribution in [2.75, 3.05) is 0 Å². The molecule has 4 aromatic rings. The molecular weight excluding hydrogens is 374 g/mol. The van der Waals surface area contributed by atoms with E-state index in [-0.39, 0.29) is 0 Å². The van der Waals surface area contributed by atoms with Gasteiger partial charge >= 0.3 is 0 Å². The van der Waals surface area contributed by atoms with Crippen molar-refractivity contribution in [3.63, 3.8) is 0 Å². The Balaban J connectivity index is 1.96. The van der Waals surface area contributed by atoms with Crippen LogP contribution in [0.15, 0.2) is 41.8 Å². The van der Waals surface area contributed by atoms with Crippen LogP contribution in [0.25, 0.3) is 22.0 Å². The third-order valence-electron chi connectivity index (χ3n) is 5.94. The molecule has 2 heterocycles. The molecule has 1 unspecified atom stereocenters. The third kappa shape index (κ3) is 3.30. The van der Waals surface area contributed by atoms with Crippen molar-refractivity contribution >= 4 is 22.2 Å². The van der Waals surface area contributed by atoms with Gasteiger partial charge in [0.05, 0.1) is 5.69 Å². The largest absolute Gasteiger partial charge is 0.326 e. The molecule has 0 saturated carbocycles. The van der Waals surface area contributed by atoms with E-state index in [2.05, 4.69) is 81.2 Å². The first-order chi connectivity index (χ1) is 14.0. The van der Waals surface area contributed by atoms with Crippen LogP contribution in [0.5, 0.6) is 0 Å². The molecule has 3 nitrogen and oxygen atoms in total. The Kier molecular flexibility index (Phi) is 5.32. The van der Waals surface area contributed by atoms with Gasteiger partial charge in [-0.3, -0.25) is 4.68 Å². The van der Waals surface area contributed by atoms with Gasteiger partial charge in [0.25, 0.3) is 0 Å². The summed E-state index contributed by atoms with van der Waals surface area (Å²) in [6.45, 7) is 9.40. The first kappa shape index (κ1) is 19.9. The molecule has 29 heavy (non-hydrogen) atoms. The van der Waals surface area contributed by atoms with E-state index in [1.165, 1.54) is 49.3 Å². The van der Waals surface area contributed by atoms with E-state index in [9.17, 15) is 0 Å². The fourth-order valence-electron chi connectivity index (χ4n) is 4.84. The Labute approximate surface area is 177 Å². The second-order valence-corrected chi connectivity index (χ2v) is 8.95. The highest BCUT2D eigenvalue weighted by atomic mass is 32.1. The molecule has 0 fully saturated rings. The maximum Gasteiger partial charge on any atom is 0.100 e. The maximum absolute atomic E-state index is 6.03. The minimum absolute atomic E-state index is 0.297. The first-order valence-electron chi connectivity index (χ1n) is 10.3. The maximum atomic E-state index is 6.03. The van der Waals surface area contributed by atoms with Gasteiger partial charge in [0.2, 0.25) is 0 Å². The van der Waals surface area contributed by atoms with Crippen LogP contribution in [0.4, 0.5) is 0 Å². The zero-order valence-electron chi connectivity index (χ0n) is 17.9. The van der Waals surface area contributed by atoms with E-state index in [4.69, 9.17) is 10.8 Å². The van der Waals surface area contributed by atoms with Crippen LogP contribution in [-0.4, -0.2) is 9.78 Å². The number of aromatic nitrogens is 2. The van der Waals surface area contributed by atoms with Gasteiger partial charge in [-0.2, -0.15) is 5.10 Å². The number of hydrogen-bond donors (Lipinski definition) is 1. The standard InChI is InChI=1S/C25H29N3S/c1-6-18(19-10-11-29-22(19)14-26)25-21-9-7-8-20(24(21)27-28(25)5)23-16(3)12-15(2)13-17(23)4/h7-13,18H,6,14,26H2,1-5H3. The van der Waals surface area contributed by atoms with Crippen molar-refractivity contribution in [3.05, 3.63) is 74.6 Å². The predicted molar refractivity (Wildman–Crippen MR) is 125 cm³/mol. The smallest absolute Gasteiger partial charge is 0.100 e. The van der Waals surface area contributed by atoms with E-state index in [0.29, 0.717) is 12.5 Å². The van der Waals surface area contributed by atoms with Crippen molar-refractivity contribution in [1.29, 1.82) is 0 Å². The topological polar surface area (TPSA) is 43.8 Å². The Hall–Kier alpha value is -2.43. The van der Waals surface area contributed by atoms with Gasteiger partial charge in [0.15, 0.2) is 0 Å². The van der Waals surface area contributed by atoms with Gasteiger partial charge in [-0.05, 0) is 60.9 Å². The molecule has 0 spiro atoms. The van der Waals surface area contributed by atoms with Crippen molar-refractivity contribution in [2.24, 2.45) is 12.8 Å². The summed E-state index contributed by atoms with van der Waals surface area (Å²) in [6, 6.07) is 13.4. The zero-order chi connectivity index (χ0) is 20.7. The molecular formula is C25H29N3S. The summed E-state index contributed by atoms with van der Waals surface area (Å²) in [5.41, 5.74) is 16.2. The normalized spacial score (nSPS) is 12.6. The van der Waals surface area contributed by atoms with Gasteiger partial charge in [-0.1, -0.05) is 42.8 Å². The van der Waals surface area contributed by atoms with Crippen LogP contribution in [0.2, 0.25) is 0 Å². The first-order valence-corrected chi connectivity index (χ1v) is 11.1. The van der Waals surface area contributed by atoms with Crippen LogP contribution in [0.3, 0.4) is 0 Å². The number of nitrogens with zero attached hydrogens (tertiary/aromatic N) is 2. The summed E-state index contributed by atoms with van der Waals surface area (Å²) < 4.78 is 2.08. The Morgan fingerprint density at radius 1 is 1.10 bits per heavy atom. The van der Waals surface area contributed by atoms with Gasteiger partial charge in [0.1, 0.15) is 5.52 Å². The van der Waals surface area contributed by atoms with Crippen LogP contribution >= 0.6 is 11.3 Å². The summed E-state index contributed by atoms with van der Waals surface area (Å²) >= 11 is 1.75. The lowest BCUT2D eigenvalue weighted by Crippen LogP contribution is -2.09. The lowest BCUT2D eigenvalue weighted by atomic mass is 9.89. The average molecular weight is 404 g/mol. The van der Waals surface area contributed by atoms with Crippen molar-refractivity contribution in [1.82, 2.24) is 9.78 Å². The SMILES string of the molecule is CCC(c1ccsc1CN)c1c2cccc(-c3c(C)cc(C)cc3C)c2nn1C. The number of fused-ring (bicyclic) bond motifs is 1. The highest BCUT2D eigenvalue weighted by Gasteiger charge is 2.24. The third-order valence-corrected chi connectivity index (χ3v) is 6.90. The Morgan fingerprint density at radius 2 is 1.83 bits per heavy atom. The molecule has 4 rings (SSSR count). The molecule has 150 valence electrons. The van der Waals surface area contributed by atoms with Crippen molar-refractivity contribution in [2.45, 2.75) is 46.6 Å². The molecule has 0 saturated heterocycles.